The van der Waals surface area contributed by atoms with Crippen molar-refractivity contribution in [2.45, 2.75) is 39.9 Å². The van der Waals surface area contributed by atoms with Gasteiger partial charge in [0.1, 0.15) is 28.5 Å². The second kappa shape index (κ2) is 20.0. The molecule has 0 aliphatic carbocycles. The molecular formula is C84H59N5O2. The number of ether oxygens (including phenoxy) is 1. The smallest absolute Gasteiger partial charge is 0.269 e. The second-order valence-electron chi connectivity index (χ2n) is 24.8. The largest absolute Gasteiger partial charge is 0.458 e. The number of rotatable bonds is 7. The molecule has 1 aliphatic rings. The maximum absolute atomic E-state index is 9.02. The van der Waals surface area contributed by atoms with Gasteiger partial charge in [-0.05, 0) is 195 Å². The average Bonchev–Trinajstić information content (AvgIpc) is 1.62. The van der Waals surface area contributed by atoms with Gasteiger partial charge in [0, 0.05) is 58.5 Å². The van der Waals surface area contributed by atoms with E-state index in [1.165, 1.54) is 23.8 Å². The Hall–Kier alpha value is -11.5. The van der Waals surface area contributed by atoms with Gasteiger partial charge in [0.15, 0.2) is 0 Å². The van der Waals surface area contributed by atoms with Crippen LogP contribution in [0.15, 0.2) is 271 Å². The minimum absolute atomic E-state index is 0.0620. The number of fused-ring (bicyclic) bond motifs is 16. The van der Waals surface area contributed by atoms with Gasteiger partial charge in [0.2, 0.25) is 0 Å². The van der Waals surface area contributed by atoms with Gasteiger partial charge in [-0.25, -0.2) is 4.98 Å². The molecule has 6 heterocycles. The molecule has 0 bridgehead atoms. The fraction of sp³-hybridized carbons (Fsp3) is 0.0714. The van der Waals surface area contributed by atoms with Crippen molar-refractivity contribution < 1.29 is 21.9 Å². The molecule has 7 heteroatoms. The van der Waals surface area contributed by atoms with E-state index in [0.717, 1.165) is 133 Å². The third kappa shape index (κ3) is 8.20. The fourth-order valence-corrected chi connectivity index (χ4v) is 14.3. The molecule has 0 N–H and O–H groups in total. The van der Waals surface area contributed by atoms with Crippen LogP contribution in [0.1, 0.15) is 45.7 Å². The van der Waals surface area contributed by atoms with E-state index < -0.39 is 13.7 Å². The van der Waals surface area contributed by atoms with E-state index in [4.69, 9.17) is 22.4 Å². The van der Waals surface area contributed by atoms with Crippen LogP contribution in [0.3, 0.4) is 0 Å². The van der Waals surface area contributed by atoms with E-state index in [1.807, 2.05) is 79.0 Å². The highest BCUT2D eigenvalue weighted by molar-refractivity contribution is 6.12. The average molecular weight is 1180 g/mol. The molecule has 1 aliphatic heterocycles. The van der Waals surface area contributed by atoms with Crippen LogP contribution in [0.5, 0.6) is 11.5 Å². The number of aromatic nitrogens is 5. The number of hydrogen-bond acceptors (Lipinski definition) is 3. The van der Waals surface area contributed by atoms with E-state index in [0.29, 0.717) is 28.2 Å². The zero-order chi connectivity index (χ0) is 65.8. The standard InChI is InChI=1S/C84H59N5O2/c1-51-20-18-21-52(2)81(51)54-43-69(53-36-39-79-70(42-53)68-31-13-17-35-78(68)91-79)82-71(44-54)62-26-8-6-24-60(62)61-25-7-9-27-63(61)72-47-57(88-73-32-14-10-28-64(73)65-29-11-15-33-74(65)88)48-77-83(72)87(82)50-86(77)56-22-19-23-58(46-56)90-59-37-38-67-66-30-12-16-34-75(66)89(76(67)49-59)80-45-55(40-41-85-80)84(3,4)5/h6-49H,1-5H3/i1D3,2D3. The molecule has 0 fully saturated rings. The van der Waals surface area contributed by atoms with Gasteiger partial charge in [0.05, 0.1) is 44.5 Å². The van der Waals surface area contributed by atoms with Crippen molar-refractivity contribution in [1.82, 2.24) is 18.7 Å². The van der Waals surface area contributed by atoms with Crippen molar-refractivity contribution in [1.29, 1.82) is 0 Å². The van der Waals surface area contributed by atoms with Crippen LogP contribution < -0.4 is 9.30 Å². The van der Waals surface area contributed by atoms with Crippen LogP contribution in [0.25, 0.3) is 155 Å². The van der Waals surface area contributed by atoms with Gasteiger partial charge in [-0.15, -0.1) is 0 Å². The molecule has 7 nitrogen and oxygen atoms in total. The quantitative estimate of drug-likeness (QED) is 0.118. The lowest BCUT2D eigenvalue weighted by atomic mass is 9.85. The molecule has 17 aromatic rings. The highest BCUT2D eigenvalue weighted by atomic mass is 16.5. The molecule has 0 spiro atoms. The summed E-state index contributed by atoms with van der Waals surface area (Å²) in [4.78, 5) is 4.96. The summed E-state index contributed by atoms with van der Waals surface area (Å²) in [5, 5.41) is 6.25. The summed E-state index contributed by atoms with van der Waals surface area (Å²) in [6.45, 7) is 1.27. The predicted octanol–water partition coefficient (Wildman–Crippen LogP) is 21.6. The minimum atomic E-state index is -2.69. The predicted molar refractivity (Wildman–Crippen MR) is 373 cm³/mol. The van der Waals surface area contributed by atoms with Gasteiger partial charge < -0.3 is 13.7 Å². The first-order valence-electron chi connectivity index (χ1n) is 33.7. The SMILES string of the molecule is [2H]C([2H])([2H])c1cccc(C([2H])([2H])[2H])c1-c1cc(-c2ccc3oc4ccccc4c3c2)c2c(c1)-c1ccccc1-c1ccccc1-c1cc(-n3c4ccccc4c4ccccc43)cc3c1[n+]-2[c-]n3-c1cccc(Oc2ccc3c4ccccc4n(-c4cc(C(C)(C)C)ccn4)c3c2)c1. The number of hydrogen-bond donors (Lipinski definition) is 0. The highest BCUT2D eigenvalue weighted by Crippen LogP contribution is 2.49. The Morgan fingerprint density at radius 2 is 1.02 bits per heavy atom. The molecule has 0 saturated heterocycles. The van der Waals surface area contributed by atoms with Crippen LogP contribution >= 0.6 is 0 Å². The first-order chi connectivity index (χ1) is 47.0. The topological polar surface area (TPSA) is 53.9 Å². The van der Waals surface area contributed by atoms with Crippen molar-refractivity contribution in [3.8, 4) is 90.0 Å². The zero-order valence-corrected chi connectivity index (χ0v) is 50.0. The van der Waals surface area contributed by atoms with E-state index >= 15 is 0 Å². The van der Waals surface area contributed by atoms with Gasteiger partial charge in [-0.1, -0.05) is 172 Å². The van der Waals surface area contributed by atoms with Crippen LogP contribution in [-0.2, 0) is 5.41 Å². The Morgan fingerprint density at radius 1 is 0.429 bits per heavy atom. The Morgan fingerprint density at radius 3 is 1.73 bits per heavy atom. The van der Waals surface area contributed by atoms with Crippen LogP contribution in [-0.4, -0.2) is 18.7 Å². The molecular weight excluding hydrogens is 1110 g/mol. The van der Waals surface area contributed by atoms with Crippen molar-refractivity contribution in [2.24, 2.45) is 0 Å². The minimum Gasteiger partial charge on any atom is -0.458 e. The number of para-hydroxylation sites is 4. The molecule has 0 atom stereocenters. The Kier molecular flexibility index (Phi) is 10.2. The fourth-order valence-electron chi connectivity index (χ4n) is 14.3. The molecule has 91 heavy (non-hydrogen) atoms. The molecule has 12 aromatic carbocycles. The van der Waals surface area contributed by atoms with Gasteiger partial charge in [0.25, 0.3) is 6.33 Å². The summed E-state index contributed by atoms with van der Waals surface area (Å²) >= 11 is 0. The second-order valence-corrected chi connectivity index (χ2v) is 24.8. The third-order valence-corrected chi connectivity index (χ3v) is 18.5. The Labute approximate surface area is 534 Å². The van der Waals surface area contributed by atoms with Gasteiger partial charge >= 0.3 is 0 Å². The lowest BCUT2D eigenvalue weighted by Crippen LogP contribution is -2.32. The molecule has 0 radical (unpaired) electrons. The van der Waals surface area contributed by atoms with Crippen molar-refractivity contribution in [3.05, 3.63) is 290 Å². The van der Waals surface area contributed by atoms with Gasteiger partial charge in [-0.3, -0.25) is 13.7 Å². The number of aryl methyl sites for hydroxylation is 2. The molecule has 5 aromatic heterocycles. The summed E-state index contributed by atoms with van der Waals surface area (Å²) < 4.78 is 76.6. The Balaban J connectivity index is 0.945. The molecule has 0 unspecified atom stereocenters. The summed E-state index contributed by atoms with van der Waals surface area (Å²) in [5.41, 5.74) is 17.9. The van der Waals surface area contributed by atoms with E-state index in [2.05, 4.69) is 215 Å². The monoisotopic (exact) mass is 1180 g/mol. The van der Waals surface area contributed by atoms with Crippen molar-refractivity contribution in [2.75, 3.05) is 0 Å². The molecule has 0 amide bonds. The number of benzene rings is 12. The van der Waals surface area contributed by atoms with Crippen LogP contribution in [0, 0.1) is 20.0 Å². The molecule has 0 saturated carbocycles. The number of imidazole rings is 1. The Bertz CT molecular complexity index is 6070. The van der Waals surface area contributed by atoms with E-state index in [9.17, 15) is 0 Å². The lowest BCUT2D eigenvalue weighted by molar-refractivity contribution is -0.570. The van der Waals surface area contributed by atoms with E-state index in [-0.39, 0.29) is 22.1 Å². The first kappa shape index (κ1) is 46.6. The van der Waals surface area contributed by atoms with Crippen molar-refractivity contribution >= 4 is 76.6 Å². The lowest BCUT2D eigenvalue weighted by Gasteiger charge is -2.22. The molecule has 18 rings (SSSR count). The van der Waals surface area contributed by atoms with Crippen molar-refractivity contribution in [3.63, 3.8) is 0 Å². The summed E-state index contributed by atoms with van der Waals surface area (Å²) in [5.74, 6) is 2.06. The summed E-state index contributed by atoms with van der Waals surface area (Å²) in [6, 6.07) is 88.3. The first-order valence-corrected chi connectivity index (χ1v) is 30.7. The number of furan rings is 1. The van der Waals surface area contributed by atoms with Crippen LogP contribution in [0.2, 0.25) is 0 Å². The summed E-state index contributed by atoms with van der Waals surface area (Å²) in [7, 11) is 0. The zero-order valence-electron chi connectivity index (χ0n) is 56.0. The van der Waals surface area contributed by atoms with E-state index in [1.54, 1.807) is 0 Å². The van der Waals surface area contributed by atoms with Gasteiger partial charge in [-0.2, -0.15) is 0 Å². The van der Waals surface area contributed by atoms with Crippen LogP contribution in [0.4, 0.5) is 0 Å². The third-order valence-electron chi connectivity index (χ3n) is 18.5. The maximum atomic E-state index is 9.02. The maximum Gasteiger partial charge on any atom is 0.269 e. The number of pyridine rings is 1. The molecule has 432 valence electrons. The summed E-state index contributed by atoms with van der Waals surface area (Å²) in [6.07, 6.45) is 5.94. The normalized spacial score (nSPS) is 13.5. The highest BCUT2D eigenvalue weighted by Gasteiger charge is 2.30. The number of nitrogens with zero attached hydrogens (tertiary/aromatic N) is 5.